The van der Waals surface area contributed by atoms with Gasteiger partial charge in [0.2, 0.25) is 5.95 Å². The van der Waals surface area contributed by atoms with E-state index in [2.05, 4.69) is 27.4 Å². The lowest BCUT2D eigenvalue weighted by atomic mass is 9.80. The van der Waals surface area contributed by atoms with Gasteiger partial charge in [-0.25, -0.2) is 13.8 Å². The van der Waals surface area contributed by atoms with Crippen LogP contribution in [0, 0.1) is 5.92 Å². The normalized spacial score (nSPS) is 28.9. The number of halogens is 2. The van der Waals surface area contributed by atoms with Crippen molar-refractivity contribution in [2.75, 3.05) is 50.6 Å². The summed E-state index contributed by atoms with van der Waals surface area (Å²) in [5.74, 6) is -2.17. The fourth-order valence-corrected chi connectivity index (χ4v) is 5.22. The fraction of sp³-hybridized carbons (Fsp3) is 0.667. The zero-order chi connectivity index (χ0) is 27.1. The van der Waals surface area contributed by atoms with Crippen molar-refractivity contribution in [3.05, 3.63) is 35.3 Å². The highest BCUT2D eigenvalue weighted by Gasteiger charge is 2.50. The highest BCUT2D eigenvalue weighted by molar-refractivity contribution is 5.85. The summed E-state index contributed by atoms with van der Waals surface area (Å²) in [6, 6.07) is -0.539. The monoisotopic (exact) mass is 532 g/mol. The largest absolute Gasteiger partial charge is 0.375 e. The molecule has 2 aliphatic carbocycles. The summed E-state index contributed by atoms with van der Waals surface area (Å²) in [7, 11) is 3.38. The Kier molecular flexibility index (Phi) is 7.45. The topological polar surface area (TPSA) is 91.9 Å². The molecule has 3 aliphatic heterocycles. The second kappa shape index (κ2) is 10.5. The van der Waals surface area contributed by atoms with E-state index < -0.39 is 31.2 Å². The number of alkyl halides is 2. The molecular formula is C27H38F2N6O3. The number of carbonyl (C=O) groups is 1. The van der Waals surface area contributed by atoms with Gasteiger partial charge in [-0.2, -0.15) is 4.98 Å². The van der Waals surface area contributed by atoms with Gasteiger partial charge in [-0.05, 0) is 31.9 Å². The Morgan fingerprint density at radius 1 is 1.26 bits per heavy atom. The molecule has 9 nitrogen and oxygen atoms in total. The first-order valence-corrected chi connectivity index (χ1v) is 13.5. The Bertz CT molecular complexity index is 1120. The van der Waals surface area contributed by atoms with Crippen LogP contribution in [0.2, 0.25) is 0 Å². The van der Waals surface area contributed by atoms with Gasteiger partial charge in [-0.15, -0.1) is 0 Å². The highest BCUT2D eigenvalue weighted by atomic mass is 19.3. The van der Waals surface area contributed by atoms with E-state index in [1.807, 2.05) is 25.3 Å². The van der Waals surface area contributed by atoms with Crippen molar-refractivity contribution in [3.8, 4) is 0 Å². The van der Waals surface area contributed by atoms with Crippen molar-refractivity contribution >= 4 is 17.7 Å². The summed E-state index contributed by atoms with van der Waals surface area (Å²) in [5.41, 5.74) is 2.46. The third-order valence-electron chi connectivity index (χ3n) is 7.76. The number of anilines is 2. The first-order valence-electron chi connectivity index (χ1n) is 13.5. The van der Waals surface area contributed by atoms with E-state index in [0.717, 1.165) is 29.2 Å². The number of aromatic nitrogens is 2. The van der Waals surface area contributed by atoms with Crippen LogP contribution in [0.15, 0.2) is 29.7 Å². The molecule has 4 heterocycles. The number of allylic oxidation sites excluding steroid dienone is 3. The number of likely N-dealkylation sites (tertiary alicyclic amines) is 1. The molecule has 0 bridgehead atoms. The maximum atomic E-state index is 14.0. The van der Waals surface area contributed by atoms with Crippen LogP contribution in [0.25, 0.3) is 0 Å². The number of nitrogens with zero attached hydrogens (tertiary/aromatic N) is 4. The predicted molar refractivity (Wildman–Crippen MR) is 140 cm³/mol. The van der Waals surface area contributed by atoms with E-state index in [0.29, 0.717) is 25.5 Å². The van der Waals surface area contributed by atoms with Crippen molar-refractivity contribution in [1.29, 1.82) is 0 Å². The zero-order valence-electron chi connectivity index (χ0n) is 22.6. The van der Waals surface area contributed by atoms with Crippen molar-refractivity contribution in [3.63, 3.8) is 0 Å². The summed E-state index contributed by atoms with van der Waals surface area (Å²) in [4.78, 5) is 25.8. The van der Waals surface area contributed by atoms with Crippen molar-refractivity contribution in [2.24, 2.45) is 5.92 Å². The first kappa shape index (κ1) is 27.0. The van der Waals surface area contributed by atoms with Gasteiger partial charge >= 0.3 is 0 Å². The molecule has 0 spiro atoms. The van der Waals surface area contributed by atoms with Gasteiger partial charge < -0.3 is 29.9 Å². The minimum absolute atomic E-state index is 0.195. The van der Waals surface area contributed by atoms with Crippen LogP contribution in [-0.2, 0) is 20.7 Å². The number of methoxy groups -OCH3 is 1. The predicted octanol–water partition coefficient (Wildman–Crippen LogP) is 3.10. The van der Waals surface area contributed by atoms with Crippen LogP contribution < -0.4 is 15.5 Å². The van der Waals surface area contributed by atoms with Gasteiger partial charge in [0.25, 0.3) is 11.8 Å². The van der Waals surface area contributed by atoms with E-state index in [4.69, 9.17) is 14.5 Å². The number of aryl methyl sites for hydroxylation is 1. The second-order valence-corrected chi connectivity index (χ2v) is 11.1. The summed E-state index contributed by atoms with van der Waals surface area (Å²) in [5, 5.41) is 6.37. The van der Waals surface area contributed by atoms with Crippen LogP contribution in [0.3, 0.4) is 0 Å². The van der Waals surface area contributed by atoms with E-state index >= 15 is 0 Å². The molecule has 38 heavy (non-hydrogen) atoms. The molecule has 1 saturated carbocycles. The minimum Gasteiger partial charge on any atom is -0.375 e. The van der Waals surface area contributed by atoms with Gasteiger partial charge in [0.15, 0.2) is 6.10 Å². The number of amides is 1. The third-order valence-corrected chi connectivity index (χ3v) is 7.76. The van der Waals surface area contributed by atoms with Crippen LogP contribution in [0.5, 0.6) is 0 Å². The number of fused-ring (bicyclic) bond motifs is 3. The fourth-order valence-electron chi connectivity index (χ4n) is 5.22. The Morgan fingerprint density at radius 2 is 2.00 bits per heavy atom. The molecule has 3 atom stereocenters. The van der Waals surface area contributed by atoms with E-state index in [-0.39, 0.29) is 17.4 Å². The molecule has 1 aromatic heterocycles. The average molecular weight is 533 g/mol. The van der Waals surface area contributed by atoms with E-state index in [1.165, 1.54) is 24.2 Å². The number of nitrogens with one attached hydrogen (secondary N) is 2. The zero-order valence-corrected chi connectivity index (χ0v) is 22.6. The standard InChI is InChI=1S/C24H32F2N6O3.C3H6/c1-5-14-9-27-22(32-11-23(2,12-32)34-4)30-20(14)29-15-6-7-17-16(8-15)18-19(21(33)31(17)3)35-13-24(25,26)10-28-18;1-2-3-1/h6-7,9,16,18-19,28H,5,8,10-13H2,1-4H3,(H,27,29,30);1-3H2. The number of rotatable bonds is 5. The molecule has 1 amide bonds. The van der Waals surface area contributed by atoms with Gasteiger partial charge in [-0.3, -0.25) is 4.79 Å². The summed E-state index contributed by atoms with van der Waals surface area (Å²) in [6.45, 7) is 4.24. The maximum Gasteiger partial charge on any atom is 0.283 e. The average Bonchev–Trinajstić information content (AvgIpc) is 3.77. The van der Waals surface area contributed by atoms with Crippen molar-refractivity contribution in [2.45, 2.75) is 69.6 Å². The maximum absolute atomic E-state index is 14.0. The van der Waals surface area contributed by atoms with Crippen LogP contribution in [0.4, 0.5) is 20.5 Å². The highest BCUT2D eigenvalue weighted by Crippen LogP contribution is 2.39. The number of likely N-dealkylation sites (N-methyl/N-ethyl adjacent to an activating group) is 1. The third kappa shape index (κ3) is 5.55. The lowest BCUT2D eigenvalue weighted by Gasteiger charge is -2.46. The Balaban J connectivity index is 0.000000916. The van der Waals surface area contributed by atoms with E-state index in [1.54, 1.807) is 14.2 Å². The number of carbonyl (C=O) groups excluding carboxylic acids is 1. The number of piperidine rings is 1. The van der Waals surface area contributed by atoms with Crippen LogP contribution in [0.1, 0.15) is 45.1 Å². The Hall–Kier alpha value is -2.63. The molecular weight excluding hydrogens is 494 g/mol. The number of hydrogen-bond acceptors (Lipinski definition) is 8. The van der Waals surface area contributed by atoms with E-state index in [9.17, 15) is 13.6 Å². The molecule has 5 aliphatic rings. The molecule has 3 unspecified atom stereocenters. The molecule has 6 rings (SSSR count). The van der Waals surface area contributed by atoms with Crippen molar-refractivity contribution in [1.82, 2.24) is 20.2 Å². The smallest absolute Gasteiger partial charge is 0.283 e. The van der Waals surface area contributed by atoms with Crippen LogP contribution >= 0.6 is 0 Å². The van der Waals surface area contributed by atoms with Gasteiger partial charge in [0.1, 0.15) is 18.0 Å². The molecule has 208 valence electrons. The quantitative estimate of drug-likeness (QED) is 0.598. The van der Waals surface area contributed by atoms with Gasteiger partial charge in [0, 0.05) is 43.2 Å². The first-order chi connectivity index (χ1) is 18.1. The molecule has 11 heteroatoms. The minimum atomic E-state index is -3.02. The van der Waals surface area contributed by atoms with Gasteiger partial charge in [-0.1, -0.05) is 26.2 Å². The summed E-state index contributed by atoms with van der Waals surface area (Å²) >= 11 is 0. The molecule has 0 aromatic carbocycles. The molecule has 2 N–H and O–H groups in total. The molecule has 4 fully saturated rings. The summed E-state index contributed by atoms with van der Waals surface area (Å²) in [6.07, 6.45) is 10.5. The lowest BCUT2D eigenvalue weighted by molar-refractivity contribution is -0.152. The summed E-state index contributed by atoms with van der Waals surface area (Å²) < 4.78 is 39.0. The SMILES string of the molecule is C1CC1.CCc1cnc(N2CC(C)(OC)C2)nc1NC1=CC=C2C(C1)C1NCC(F)(F)COC1C(=O)N2C. The number of ether oxygens (including phenoxy) is 2. The van der Waals surface area contributed by atoms with Crippen molar-refractivity contribution < 1.29 is 23.0 Å². The molecule has 0 radical (unpaired) electrons. The van der Waals surface area contributed by atoms with Gasteiger partial charge in [0.05, 0.1) is 25.7 Å². The Morgan fingerprint density at radius 3 is 2.66 bits per heavy atom. The molecule has 1 aromatic rings. The lowest BCUT2D eigenvalue weighted by Crippen LogP contribution is -2.61. The molecule has 3 saturated heterocycles. The van der Waals surface area contributed by atoms with Crippen LogP contribution in [-0.4, -0.2) is 84.8 Å². The second-order valence-electron chi connectivity index (χ2n) is 11.1. The Labute approximate surface area is 222 Å². The number of hydrogen-bond donors (Lipinski definition) is 2.